The van der Waals surface area contributed by atoms with E-state index >= 15 is 0 Å². The van der Waals surface area contributed by atoms with Crippen LogP contribution in [0, 0.1) is 0 Å². The van der Waals surface area contributed by atoms with Gasteiger partial charge >= 0.3 is 6.09 Å². The summed E-state index contributed by atoms with van der Waals surface area (Å²) in [5.41, 5.74) is 6.63. The van der Waals surface area contributed by atoms with Crippen molar-refractivity contribution in [3.63, 3.8) is 0 Å². The number of nitrogens with two attached hydrogens (primary N) is 1. The number of hydrogen-bond donors (Lipinski definition) is 1. The normalized spacial score (nSPS) is 16.8. The second-order valence-electron chi connectivity index (χ2n) is 6.35. The molecule has 1 aliphatic rings. The van der Waals surface area contributed by atoms with E-state index in [1.807, 2.05) is 22.9 Å². The van der Waals surface area contributed by atoms with Crippen LogP contribution in [0.2, 0.25) is 10.0 Å². The summed E-state index contributed by atoms with van der Waals surface area (Å²) in [6.07, 6.45) is 6.37. The van der Waals surface area contributed by atoms with Crippen molar-refractivity contribution in [2.45, 2.75) is 18.9 Å². The van der Waals surface area contributed by atoms with Crippen molar-refractivity contribution in [2.24, 2.45) is 5.73 Å². The van der Waals surface area contributed by atoms with Crippen molar-refractivity contribution < 1.29 is 9.53 Å². The minimum absolute atomic E-state index is 0.0102. The standard InChI is InChI=1S/C18H17Cl2N5O2/c19-13-4-3-12-14(24-7-5-22-10-24)8-15(23-17(12)16(13)20)25-6-1-2-11(25)9-27-18(21)26/h3-5,7-8,10-11H,1-2,6,9H2,(H2,21,26)/t11-/m0/s1. The minimum Gasteiger partial charge on any atom is -0.448 e. The Labute approximate surface area is 165 Å². The maximum absolute atomic E-state index is 11.0. The number of hydrogen-bond acceptors (Lipinski definition) is 5. The number of aromatic nitrogens is 3. The minimum atomic E-state index is -0.776. The molecule has 1 fully saturated rings. The van der Waals surface area contributed by atoms with E-state index in [1.165, 1.54) is 0 Å². The zero-order valence-corrected chi connectivity index (χ0v) is 15.8. The lowest BCUT2D eigenvalue weighted by molar-refractivity contribution is 0.149. The van der Waals surface area contributed by atoms with Crippen LogP contribution in [0.3, 0.4) is 0 Å². The molecule has 1 atom stereocenters. The Balaban J connectivity index is 1.83. The topological polar surface area (TPSA) is 86.3 Å². The van der Waals surface area contributed by atoms with Crippen molar-refractivity contribution >= 4 is 46.0 Å². The number of nitrogens with zero attached hydrogens (tertiary/aromatic N) is 4. The molecule has 3 heterocycles. The van der Waals surface area contributed by atoms with Gasteiger partial charge in [0.25, 0.3) is 0 Å². The lowest BCUT2D eigenvalue weighted by atomic mass is 10.1. The summed E-state index contributed by atoms with van der Waals surface area (Å²) in [4.78, 5) is 22.0. The van der Waals surface area contributed by atoms with Gasteiger partial charge in [-0.25, -0.2) is 14.8 Å². The molecule has 0 radical (unpaired) electrons. The first kappa shape index (κ1) is 17.9. The van der Waals surface area contributed by atoms with Crippen LogP contribution in [-0.2, 0) is 4.74 Å². The summed E-state index contributed by atoms with van der Waals surface area (Å²) in [5, 5.41) is 1.72. The van der Waals surface area contributed by atoms with Crippen LogP contribution in [0.15, 0.2) is 36.9 Å². The molecular weight excluding hydrogens is 389 g/mol. The van der Waals surface area contributed by atoms with Crippen molar-refractivity contribution in [2.75, 3.05) is 18.1 Å². The lowest BCUT2D eigenvalue weighted by Gasteiger charge is -2.26. The SMILES string of the molecule is NC(=O)OC[C@@H]1CCCN1c1cc(-n2ccnc2)c2ccc(Cl)c(Cl)c2n1. The van der Waals surface area contributed by atoms with Gasteiger partial charge < -0.3 is 19.9 Å². The number of primary amides is 1. The zero-order valence-electron chi connectivity index (χ0n) is 14.3. The number of fused-ring (bicyclic) bond motifs is 1. The number of ether oxygens (including phenoxy) is 1. The van der Waals surface area contributed by atoms with Crippen LogP contribution in [0.4, 0.5) is 10.6 Å². The Bertz CT molecular complexity index is 993. The molecule has 0 bridgehead atoms. The maximum Gasteiger partial charge on any atom is 0.404 e. The average Bonchev–Trinajstić information content (AvgIpc) is 3.34. The quantitative estimate of drug-likeness (QED) is 0.713. The Morgan fingerprint density at radius 2 is 2.22 bits per heavy atom. The van der Waals surface area contributed by atoms with Gasteiger partial charge in [0.05, 0.1) is 33.6 Å². The van der Waals surface area contributed by atoms with Crippen molar-refractivity contribution in [3.8, 4) is 5.69 Å². The van der Waals surface area contributed by atoms with E-state index in [1.54, 1.807) is 18.6 Å². The fourth-order valence-corrected chi connectivity index (χ4v) is 3.81. The van der Waals surface area contributed by atoms with Gasteiger partial charge in [-0.15, -0.1) is 0 Å². The fraction of sp³-hybridized carbons (Fsp3) is 0.278. The lowest BCUT2D eigenvalue weighted by Crippen LogP contribution is -2.35. The van der Waals surface area contributed by atoms with E-state index in [0.717, 1.165) is 36.3 Å². The number of amides is 1. The van der Waals surface area contributed by atoms with E-state index in [0.29, 0.717) is 15.6 Å². The molecule has 3 aromatic rings. The Morgan fingerprint density at radius 1 is 1.37 bits per heavy atom. The van der Waals surface area contributed by atoms with Crippen molar-refractivity contribution in [3.05, 3.63) is 47.0 Å². The van der Waals surface area contributed by atoms with Crippen LogP contribution in [0.1, 0.15) is 12.8 Å². The molecule has 27 heavy (non-hydrogen) atoms. The molecule has 140 valence electrons. The summed E-state index contributed by atoms with van der Waals surface area (Å²) >= 11 is 12.7. The summed E-state index contributed by atoms with van der Waals surface area (Å²) in [5.74, 6) is 0.742. The molecule has 7 nitrogen and oxygen atoms in total. The highest BCUT2D eigenvalue weighted by Crippen LogP contribution is 2.36. The molecule has 1 aliphatic heterocycles. The predicted octanol–water partition coefficient (Wildman–Crippen LogP) is 3.79. The van der Waals surface area contributed by atoms with Gasteiger partial charge in [-0.2, -0.15) is 0 Å². The molecule has 0 unspecified atom stereocenters. The number of rotatable bonds is 4. The predicted molar refractivity (Wildman–Crippen MR) is 105 cm³/mol. The first-order chi connectivity index (χ1) is 13.0. The number of carbonyl (C=O) groups is 1. The molecule has 1 aromatic carbocycles. The van der Waals surface area contributed by atoms with Gasteiger partial charge in [0.1, 0.15) is 12.4 Å². The first-order valence-corrected chi connectivity index (χ1v) is 9.26. The summed E-state index contributed by atoms with van der Waals surface area (Å²) in [7, 11) is 0. The molecule has 0 saturated carbocycles. The molecule has 1 saturated heterocycles. The van der Waals surface area contributed by atoms with Crippen LogP contribution in [-0.4, -0.2) is 39.8 Å². The van der Waals surface area contributed by atoms with Gasteiger partial charge in [0.2, 0.25) is 0 Å². The third-order valence-corrected chi connectivity index (χ3v) is 5.50. The monoisotopic (exact) mass is 405 g/mol. The van der Waals surface area contributed by atoms with E-state index in [4.69, 9.17) is 38.7 Å². The average molecular weight is 406 g/mol. The Kier molecular flexibility index (Phi) is 4.80. The van der Waals surface area contributed by atoms with Gasteiger partial charge in [-0.05, 0) is 25.0 Å². The number of anilines is 1. The van der Waals surface area contributed by atoms with Crippen LogP contribution in [0.5, 0.6) is 0 Å². The summed E-state index contributed by atoms with van der Waals surface area (Å²) in [6.45, 7) is 1.02. The molecule has 0 spiro atoms. The molecule has 2 N–H and O–H groups in total. The van der Waals surface area contributed by atoms with Gasteiger partial charge in [-0.1, -0.05) is 23.2 Å². The van der Waals surface area contributed by atoms with Crippen LogP contribution < -0.4 is 10.6 Å². The third-order valence-electron chi connectivity index (χ3n) is 4.71. The van der Waals surface area contributed by atoms with Crippen molar-refractivity contribution in [1.82, 2.24) is 14.5 Å². The Morgan fingerprint density at radius 3 is 2.96 bits per heavy atom. The zero-order chi connectivity index (χ0) is 19.0. The number of pyridine rings is 1. The van der Waals surface area contributed by atoms with Crippen molar-refractivity contribution in [1.29, 1.82) is 0 Å². The molecular formula is C18H17Cl2N5O2. The molecule has 0 aliphatic carbocycles. The van der Waals surface area contributed by atoms with E-state index in [2.05, 4.69) is 9.88 Å². The number of halogens is 2. The summed E-state index contributed by atoms with van der Waals surface area (Å²) < 4.78 is 6.92. The summed E-state index contributed by atoms with van der Waals surface area (Å²) in [6, 6.07) is 5.65. The van der Waals surface area contributed by atoms with Gasteiger partial charge in [0.15, 0.2) is 0 Å². The van der Waals surface area contributed by atoms with E-state index < -0.39 is 6.09 Å². The molecule has 4 rings (SSSR count). The number of imidazole rings is 1. The van der Waals surface area contributed by atoms with Gasteiger partial charge in [0, 0.05) is 30.4 Å². The first-order valence-electron chi connectivity index (χ1n) is 8.50. The second-order valence-corrected chi connectivity index (χ2v) is 7.13. The number of benzene rings is 1. The fourth-order valence-electron chi connectivity index (χ4n) is 3.45. The van der Waals surface area contributed by atoms with Crippen LogP contribution in [0.25, 0.3) is 16.6 Å². The number of carbonyl (C=O) groups excluding carboxylic acids is 1. The van der Waals surface area contributed by atoms with Gasteiger partial charge in [-0.3, -0.25) is 0 Å². The molecule has 1 amide bonds. The smallest absolute Gasteiger partial charge is 0.404 e. The molecule has 9 heteroatoms. The molecule has 2 aromatic heterocycles. The van der Waals surface area contributed by atoms with E-state index in [9.17, 15) is 4.79 Å². The largest absolute Gasteiger partial charge is 0.448 e. The van der Waals surface area contributed by atoms with Crippen LogP contribution >= 0.6 is 23.2 Å². The highest BCUT2D eigenvalue weighted by atomic mass is 35.5. The second kappa shape index (κ2) is 7.25. The third kappa shape index (κ3) is 3.40. The maximum atomic E-state index is 11.0. The Hall–Kier alpha value is -2.51. The highest BCUT2D eigenvalue weighted by Gasteiger charge is 2.28. The highest BCUT2D eigenvalue weighted by molar-refractivity contribution is 6.45. The van der Waals surface area contributed by atoms with E-state index in [-0.39, 0.29) is 12.6 Å².